The van der Waals surface area contributed by atoms with Gasteiger partial charge in [0.2, 0.25) is 0 Å². The van der Waals surface area contributed by atoms with Crippen molar-refractivity contribution in [3.05, 3.63) is 112 Å². The van der Waals surface area contributed by atoms with Crippen molar-refractivity contribution in [1.29, 1.82) is 0 Å². The summed E-state index contributed by atoms with van der Waals surface area (Å²) >= 11 is 0. The maximum absolute atomic E-state index is 13.7. The summed E-state index contributed by atoms with van der Waals surface area (Å²) in [5.41, 5.74) is 0.687. The van der Waals surface area contributed by atoms with Gasteiger partial charge in [0.15, 0.2) is 0 Å². The van der Waals surface area contributed by atoms with Crippen LogP contribution < -0.4 is 4.74 Å². The number of amides is 2. The van der Waals surface area contributed by atoms with Crippen molar-refractivity contribution in [2.45, 2.75) is 19.1 Å². The van der Waals surface area contributed by atoms with Crippen molar-refractivity contribution in [3.63, 3.8) is 0 Å². The predicted molar refractivity (Wildman–Crippen MR) is 145 cm³/mol. The number of benzene rings is 4. The third kappa shape index (κ3) is 4.98. The zero-order valence-electron chi connectivity index (χ0n) is 21.7. The molecule has 4 aromatic rings. The van der Waals surface area contributed by atoms with Crippen LogP contribution in [0.2, 0.25) is 0 Å². The van der Waals surface area contributed by atoms with Crippen molar-refractivity contribution in [1.82, 2.24) is 4.90 Å². The van der Waals surface area contributed by atoms with Gasteiger partial charge in [-0.1, -0.05) is 42.5 Å². The lowest BCUT2D eigenvalue weighted by atomic mass is 9.87. The molecule has 0 spiro atoms. The van der Waals surface area contributed by atoms with Gasteiger partial charge in [-0.25, -0.2) is 14.4 Å². The molecule has 206 valence electrons. The highest BCUT2D eigenvalue weighted by atomic mass is 16.5. The van der Waals surface area contributed by atoms with Crippen molar-refractivity contribution in [2.24, 2.45) is 0 Å². The quantitative estimate of drug-likeness (QED) is 0.230. The van der Waals surface area contributed by atoms with Crippen molar-refractivity contribution >= 4 is 40.5 Å². The molecule has 0 unspecified atom stereocenters. The lowest BCUT2D eigenvalue weighted by Gasteiger charge is -2.32. The Morgan fingerprint density at radius 1 is 0.732 bits per heavy atom. The Morgan fingerprint density at radius 3 is 1.80 bits per heavy atom. The summed E-state index contributed by atoms with van der Waals surface area (Å²) in [6.45, 7) is 0.361. The number of rotatable bonds is 9. The molecule has 1 aliphatic rings. The van der Waals surface area contributed by atoms with Crippen LogP contribution in [0.3, 0.4) is 0 Å². The van der Waals surface area contributed by atoms with Crippen molar-refractivity contribution in [3.8, 4) is 5.75 Å². The minimum absolute atomic E-state index is 0.0674. The van der Waals surface area contributed by atoms with E-state index in [9.17, 15) is 34.2 Å². The Labute approximate surface area is 233 Å². The van der Waals surface area contributed by atoms with E-state index >= 15 is 0 Å². The van der Waals surface area contributed by atoms with Gasteiger partial charge in [-0.3, -0.25) is 14.5 Å². The molecule has 0 aromatic heterocycles. The number of carbonyl (C=O) groups excluding carboxylic acids is 3. The maximum atomic E-state index is 13.7. The Morgan fingerprint density at radius 2 is 1.29 bits per heavy atom. The Kier molecular flexibility index (Phi) is 7.22. The van der Waals surface area contributed by atoms with Crippen molar-refractivity contribution in [2.75, 3.05) is 7.11 Å². The van der Waals surface area contributed by atoms with Gasteiger partial charge in [-0.05, 0) is 47.5 Å². The number of carbonyl (C=O) groups is 5. The minimum Gasteiger partial charge on any atom is -0.489 e. The molecule has 1 aliphatic heterocycles. The molecule has 0 saturated heterocycles. The summed E-state index contributed by atoms with van der Waals surface area (Å²) in [6.07, 6.45) is -0.0674. The SMILES string of the molecule is COC(=O)[C@H](Cc1ccc(OCc2ccccc2)cc1)N1C(=O)c2ccc(C(=O)O)c3c(C(=O)O)ccc(c23)C1=O. The molecular weight excluding hydrogens is 530 g/mol. The molecule has 0 fully saturated rings. The zero-order chi connectivity index (χ0) is 29.3. The highest BCUT2D eigenvalue weighted by Gasteiger charge is 2.42. The number of hydrogen-bond acceptors (Lipinski definition) is 7. The van der Waals surface area contributed by atoms with E-state index in [1.165, 1.54) is 12.1 Å². The van der Waals surface area contributed by atoms with E-state index in [0.717, 1.165) is 29.7 Å². The molecular formula is C31H23NO9. The first-order valence-electron chi connectivity index (χ1n) is 12.5. The van der Waals surface area contributed by atoms with Gasteiger partial charge >= 0.3 is 17.9 Å². The van der Waals surface area contributed by atoms with E-state index in [0.29, 0.717) is 17.9 Å². The number of carboxylic acid groups (broad SMARTS) is 2. The van der Waals surface area contributed by atoms with Gasteiger partial charge in [0.05, 0.1) is 18.2 Å². The third-order valence-corrected chi connectivity index (χ3v) is 6.91. The number of methoxy groups -OCH3 is 1. The first-order chi connectivity index (χ1) is 19.7. The van der Waals surface area contributed by atoms with Gasteiger partial charge < -0.3 is 19.7 Å². The minimum atomic E-state index is -1.41. The second-order valence-corrected chi connectivity index (χ2v) is 9.32. The van der Waals surface area contributed by atoms with E-state index in [1.54, 1.807) is 24.3 Å². The topological polar surface area (TPSA) is 148 Å². The first-order valence-corrected chi connectivity index (χ1v) is 12.5. The monoisotopic (exact) mass is 553 g/mol. The number of esters is 1. The average molecular weight is 554 g/mol. The average Bonchev–Trinajstić information content (AvgIpc) is 2.98. The first kappa shape index (κ1) is 27.1. The number of ether oxygens (including phenoxy) is 2. The molecule has 2 N–H and O–H groups in total. The fourth-order valence-electron chi connectivity index (χ4n) is 4.95. The second-order valence-electron chi connectivity index (χ2n) is 9.32. The van der Waals surface area contributed by atoms with Crippen LogP contribution in [-0.2, 0) is 22.6 Å². The molecule has 0 aliphatic carbocycles. The van der Waals surface area contributed by atoms with E-state index in [-0.39, 0.29) is 39.4 Å². The normalized spacial score (nSPS) is 13.1. The van der Waals surface area contributed by atoms with Crippen LogP contribution in [-0.4, -0.2) is 58.0 Å². The lowest BCUT2D eigenvalue weighted by molar-refractivity contribution is -0.145. The van der Waals surface area contributed by atoms with Crippen LogP contribution in [0.1, 0.15) is 52.6 Å². The molecule has 10 nitrogen and oxygen atoms in total. The molecule has 10 heteroatoms. The summed E-state index contributed by atoms with van der Waals surface area (Å²) in [6, 6.07) is 19.8. The highest BCUT2D eigenvalue weighted by molar-refractivity contribution is 6.30. The van der Waals surface area contributed by atoms with Crippen LogP contribution in [0.25, 0.3) is 10.8 Å². The lowest BCUT2D eigenvalue weighted by Crippen LogP contribution is -2.52. The molecule has 0 saturated carbocycles. The molecule has 0 radical (unpaired) electrons. The highest BCUT2D eigenvalue weighted by Crippen LogP contribution is 2.36. The third-order valence-electron chi connectivity index (χ3n) is 6.91. The van der Waals surface area contributed by atoms with E-state index in [4.69, 9.17) is 9.47 Å². The van der Waals surface area contributed by atoms with Gasteiger partial charge in [-0.15, -0.1) is 0 Å². The Hall–Kier alpha value is -5.51. The standard InChI is InChI=1S/C31H23NO9/c1-40-31(39)24(15-17-7-9-19(10-8-17)41-16-18-5-3-2-4-6-18)32-27(33)20-11-13-22(29(35)36)26-23(30(37)38)14-12-21(25(20)26)28(32)34/h2-14,24H,15-16H2,1H3,(H,35,36)(H,37,38)/t24-/m0/s1. The fraction of sp³-hybridized carbons (Fsp3) is 0.129. The van der Waals surface area contributed by atoms with Crippen molar-refractivity contribution < 1.29 is 43.7 Å². The number of carboxylic acids is 2. The molecule has 41 heavy (non-hydrogen) atoms. The van der Waals surface area contributed by atoms with Crippen LogP contribution >= 0.6 is 0 Å². The summed E-state index contributed by atoms with van der Waals surface area (Å²) in [5.74, 6) is -4.82. The number of nitrogens with zero attached hydrogens (tertiary/aromatic N) is 1. The second kappa shape index (κ2) is 10.9. The van der Waals surface area contributed by atoms with Gasteiger partial charge in [-0.2, -0.15) is 0 Å². The maximum Gasteiger partial charge on any atom is 0.336 e. The molecule has 1 atom stereocenters. The molecule has 0 bridgehead atoms. The van der Waals surface area contributed by atoms with Crippen LogP contribution in [0.4, 0.5) is 0 Å². The Balaban J connectivity index is 1.48. The number of imide groups is 1. The van der Waals surface area contributed by atoms with Crippen LogP contribution in [0.5, 0.6) is 5.75 Å². The zero-order valence-corrected chi connectivity index (χ0v) is 21.7. The summed E-state index contributed by atoms with van der Waals surface area (Å²) in [4.78, 5) is 64.8. The Bertz CT molecular complexity index is 1640. The number of hydrogen-bond donors (Lipinski definition) is 2. The smallest absolute Gasteiger partial charge is 0.336 e. The molecule has 5 rings (SSSR count). The summed E-state index contributed by atoms with van der Waals surface area (Å²) < 4.78 is 10.7. The van der Waals surface area contributed by atoms with Gasteiger partial charge in [0, 0.05) is 28.3 Å². The largest absolute Gasteiger partial charge is 0.489 e. The fourth-order valence-corrected chi connectivity index (χ4v) is 4.95. The summed E-state index contributed by atoms with van der Waals surface area (Å²) in [7, 11) is 1.14. The molecule has 2 amide bonds. The van der Waals surface area contributed by atoms with Gasteiger partial charge in [0.1, 0.15) is 18.4 Å². The van der Waals surface area contributed by atoms with E-state index in [1.807, 2.05) is 30.3 Å². The molecule has 1 heterocycles. The summed E-state index contributed by atoms with van der Waals surface area (Å²) in [5, 5.41) is 19.0. The van der Waals surface area contributed by atoms with E-state index < -0.39 is 35.8 Å². The van der Waals surface area contributed by atoms with Crippen LogP contribution in [0.15, 0.2) is 78.9 Å². The van der Waals surface area contributed by atoms with Crippen LogP contribution in [0, 0.1) is 0 Å². The van der Waals surface area contributed by atoms with Gasteiger partial charge in [0.25, 0.3) is 11.8 Å². The number of aromatic carboxylic acids is 2. The predicted octanol–water partition coefficient (Wildman–Crippen LogP) is 4.20. The molecule has 4 aromatic carbocycles. The van der Waals surface area contributed by atoms with E-state index in [2.05, 4.69) is 0 Å².